The zero-order valence-corrected chi connectivity index (χ0v) is 13.7. The molecule has 0 saturated carbocycles. The molecule has 3 nitrogen and oxygen atoms in total. The van der Waals surface area contributed by atoms with Gasteiger partial charge in [-0.25, -0.2) is 9.97 Å². The van der Waals surface area contributed by atoms with Gasteiger partial charge < -0.3 is 0 Å². The van der Waals surface area contributed by atoms with Crippen LogP contribution in [0.4, 0.5) is 0 Å². The molecule has 0 unspecified atom stereocenters. The zero-order valence-electron chi connectivity index (χ0n) is 12.1. The van der Waals surface area contributed by atoms with Crippen molar-refractivity contribution in [2.24, 2.45) is 0 Å². The fourth-order valence-corrected chi connectivity index (χ4v) is 2.84. The summed E-state index contributed by atoms with van der Waals surface area (Å²) < 4.78 is 0.841. The minimum absolute atomic E-state index is 0.841. The largest absolute Gasteiger partial charge is 0.255 e. The van der Waals surface area contributed by atoms with Gasteiger partial charge in [-0.1, -0.05) is 24.3 Å². The standard InChI is InChI=1S/C19H12BrN3/c20-19-10-8-14-12-13(7-9-16(14)23-19)15-5-3-6-18(22-15)17-4-1-2-11-21-17/h1-12H. The molecular formula is C19H12BrN3. The van der Waals surface area contributed by atoms with Crippen molar-refractivity contribution in [3.05, 3.63) is 77.5 Å². The van der Waals surface area contributed by atoms with Gasteiger partial charge >= 0.3 is 0 Å². The van der Waals surface area contributed by atoms with Gasteiger partial charge in [-0.3, -0.25) is 4.98 Å². The van der Waals surface area contributed by atoms with E-state index < -0.39 is 0 Å². The quantitative estimate of drug-likeness (QED) is 0.465. The summed E-state index contributed by atoms with van der Waals surface area (Å²) in [6.45, 7) is 0. The molecule has 4 aromatic rings. The van der Waals surface area contributed by atoms with Gasteiger partial charge in [0.05, 0.1) is 22.6 Å². The fraction of sp³-hybridized carbons (Fsp3) is 0. The molecule has 0 aliphatic rings. The number of fused-ring (bicyclic) bond motifs is 1. The molecule has 4 rings (SSSR count). The Morgan fingerprint density at radius 3 is 2.43 bits per heavy atom. The van der Waals surface area contributed by atoms with Crippen LogP contribution in [-0.2, 0) is 0 Å². The molecule has 23 heavy (non-hydrogen) atoms. The lowest BCUT2D eigenvalue weighted by atomic mass is 10.1. The Kier molecular flexibility index (Phi) is 3.60. The molecule has 3 aromatic heterocycles. The predicted molar refractivity (Wildman–Crippen MR) is 95.9 cm³/mol. The Balaban J connectivity index is 1.80. The molecule has 0 saturated heterocycles. The lowest BCUT2D eigenvalue weighted by Crippen LogP contribution is -1.90. The van der Waals surface area contributed by atoms with Crippen molar-refractivity contribution in [1.82, 2.24) is 15.0 Å². The third kappa shape index (κ3) is 2.85. The van der Waals surface area contributed by atoms with Crippen LogP contribution in [0.25, 0.3) is 33.5 Å². The minimum Gasteiger partial charge on any atom is -0.255 e. The average molecular weight is 362 g/mol. The van der Waals surface area contributed by atoms with E-state index in [4.69, 9.17) is 4.98 Å². The first-order chi connectivity index (χ1) is 11.3. The molecule has 0 bridgehead atoms. The average Bonchev–Trinajstić information content (AvgIpc) is 2.62. The summed E-state index contributed by atoms with van der Waals surface area (Å²) in [5, 5.41) is 1.09. The summed E-state index contributed by atoms with van der Waals surface area (Å²) in [4.78, 5) is 13.6. The lowest BCUT2D eigenvalue weighted by molar-refractivity contribution is 1.25. The summed E-state index contributed by atoms with van der Waals surface area (Å²) in [5.41, 5.74) is 4.71. The van der Waals surface area contributed by atoms with E-state index in [1.54, 1.807) is 6.20 Å². The smallest absolute Gasteiger partial charge is 0.106 e. The highest BCUT2D eigenvalue weighted by Crippen LogP contribution is 2.25. The second kappa shape index (κ2) is 5.89. The second-order valence-electron chi connectivity index (χ2n) is 5.16. The highest BCUT2D eigenvalue weighted by atomic mass is 79.9. The number of benzene rings is 1. The van der Waals surface area contributed by atoms with Gasteiger partial charge in [-0.15, -0.1) is 0 Å². The molecule has 0 aliphatic carbocycles. The molecule has 0 fully saturated rings. The number of hydrogen-bond donors (Lipinski definition) is 0. The SMILES string of the molecule is Brc1ccc2cc(-c3cccc(-c4ccccn4)n3)ccc2n1. The van der Waals surface area contributed by atoms with Gasteiger partial charge in [0.2, 0.25) is 0 Å². The van der Waals surface area contributed by atoms with Gasteiger partial charge in [0.1, 0.15) is 4.60 Å². The maximum Gasteiger partial charge on any atom is 0.106 e. The molecule has 0 radical (unpaired) electrons. The third-order valence-corrected chi connectivity index (χ3v) is 4.07. The van der Waals surface area contributed by atoms with Gasteiger partial charge in [0.25, 0.3) is 0 Å². The molecule has 110 valence electrons. The van der Waals surface area contributed by atoms with E-state index in [0.29, 0.717) is 0 Å². The summed E-state index contributed by atoms with van der Waals surface area (Å²) in [6, 6.07) is 22.0. The maximum absolute atomic E-state index is 4.75. The van der Waals surface area contributed by atoms with E-state index in [9.17, 15) is 0 Å². The summed E-state index contributed by atoms with van der Waals surface area (Å²) in [6.07, 6.45) is 1.78. The first-order valence-electron chi connectivity index (χ1n) is 7.25. The van der Waals surface area contributed by atoms with Crippen molar-refractivity contribution >= 4 is 26.8 Å². The topological polar surface area (TPSA) is 38.7 Å². The van der Waals surface area contributed by atoms with Crippen LogP contribution in [-0.4, -0.2) is 15.0 Å². The summed E-state index contributed by atoms with van der Waals surface area (Å²) in [7, 11) is 0. The van der Waals surface area contributed by atoms with Crippen LogP contribution in [0.3, 0.4) is 0 Å². The highest BCUT2D eigenvalue weighted by Gasteiger charge is 2.05. The molecule has 0 aliphatic heterocycles. The summed E-state index contributed by atoms with van der Waals surface area (Å²) >= 11 is 3.40. The van der Waals surface area contributed by atoms with Crippen LogP contribution in [0.1, 0.15) is 0 Å². The number of hydrogen-bond acceptors (Lipinski definition) is 3. The lowest BCUT2D eigenvalue weighted by Gasteiger charge is -2.06. The van der Waals surface area contributed by atoms with Crippen molar-refractivity contribution in [2.75, 3.05) is 0 Å². The Bertz CT molecular complexity index is 984. The molecule has 4 heteroatoms. The van der Waals surface area contributed by atoms with Crippen LogP contribution in [0.15, 0.2) is 77.5 Å². The van der Waals surface area contributed by atoms with E-state index in [-0.39, 0.29) is 0 Å². The van der Waals surface area contributed by atoms with E-state index in [1.807, 2.05) is 54.6 Å². The van der Waals surface area contributed by atoms with E-state index >= 15 is 0 Å². The Morgan fingerprint density at radius 2 is 1.57 bits per heavy atom. The number of rotatable bonds is 2. The molecule has 1 aromatic carbocycles. The number of halogens is 1. The van der Waals surface area contributed by atoms with Crippen molar-refractivity contribution in [2.45, 2.75) is 0 Å². The van der Waals surface area contributed by atoms with Crippen LogP contribution in [0, 0.1) is 0 Å². The molecule has 0 N–H and O–H groups in total. The normalized spacial score (nSPS) is 10.8. The first kappa shape index (κ1) is 14.0. The van der Waals surface area contributed by atoms with E-state index in [1.165, 1.54) is 0 Å². The van der Waals surface area contributed by atoms with Gasteiger partial charge in [0, 0.05) is 17.1 Å². The van der Waals surface area contributed by atoms with E-state index in [0.717, 1.165) is 38.2 Å². The highest BCUT2D eigenvalue weighted by molar-refractivity contribution is 9.10. The predicted octanol–water partition coefficient (Wildman–Crippen LogP) is 5.12. The van der Waals surface area contributed by atoms with Crippen molar-refractivity contribution in [3.63, 3.8) is 0 Å². The van der Waals surface area contributed by atoms with Gasteiger partial charge in [-0.2, -0.15) is 0 Å². The number of aromatic nitrogens is 3. The van der Waals surface area contributed by atoms with Crippen molar-refractivity contribution < 1.29 is 0 Å². The Hall–Kier alpha value is -2.59. The van der Waals surface area contributed by atoms with Gasteiger partial charge in [0.15, 0.2) is 0 Å². The van der Waals surface area contributed by atoms with Crippen LogP contribution >= 0.6 is 15.9 Å². The zero-order chi connectivity index (χ0) is 15.6. The number of pyridine rings is 3. The van der Waals surface area contributed by atoms with Crippen LogP contribution in [0.5, 0.6) is 0 Å². The monoisotopic (exact) mass is 361 g/mol. The van der Waals surface area contributed by atoms with E-state index in [2.05, 4.69) is 38.0 Å². The third-order valence-electron chi connectivity index (χ3n) is 3.63. The van der Waals surface area contributed by atoms with Crippen LogP contribution in [0.2, 0.25) is 0 Å². The second-order valence-corrected chi connectivity index (χ2v) is 5.98. The Labute approximate surface area is 142 Å². The molecule has 0 spiro atoms. The fourth-order valence-electron chi connectivity index (χ4n) is 2.51. The number of nitrogens with zero attached hydrogens (tertiary/aromatic N) is 3. The van der Waals surface area contributed by atoms with Crippen molar-refractivity contribution in [3.8, 4) is 22.6 Å². The van der Waals surface area contributed by atoms with Crippen LogP contribution < -0.4 is 0 Å². The molecule has 0 amide bonds. The van der Waals surface area contributed by atoms with Gasteiger partial charge in [-0.05, 0) is 58.4 Å². The minimum atomic E-state index is 0.841. The Morgan fingerprint density at radius 1 is 0.696 bits per heavy atom. The molecule has 0 atom stereocenters. The first-order valence-corrected chi connectivity index (χ1v) is 8.04. The molecule has 3 heterocycles. The molecular weight excluding hydrogens is 350 g/mol. The maximum atomic E-state index is 4.75. The van der Waals surface area contributed by atoms with Crippen molar-refractivity contribution in [1.29, 1.82) is 0 Å². The summed E-state index contributed by atoms with van der Waals surface area (Å²) in [5.74, 6) is 0.